The van der Waals surface area contributed by atoms with E-state index in [0.717, 1.165) is 0 Å². The molecule has 0 aromatic heterocycles. The van der Waals surface area contributed by atoms with E-state index < -0.39 is 50.7 Å². The summed E-state index contributed by atoms with van der Waals surface area (Å²) in [5, 5.41) is 55.2. The number of aliphatic imine (C=N–C) groups is 2. The van der Waals surface area contributed by atoms with E-state index in [4.69, 9.17) is 0 Å². The molecule has 8 nitrogen and oxygen atoms in total. The van der Waals surface area contributed by atoms with Crippen molar-refractivity contribution in [2.45, 2.75) is 11.1 Å². The molecular weight excluding hydrogens is 316 g/mol. The van der Waals surface area contributed by atoms with E-state index in [0.29, 0.717) is 11.1 Å². The van der Waals surface area contributed by atoms with Crippen molar-refractivity contribution in [3.63, 3.8) is 0 Å². The first-order chi connectivity index (χ1) is 11.5. The standard InChI is InChI=1S/C16H24N2O6/c19-7-15(8-20,9-21)17-5-13-1-2-14(4-3-13)6-18-16(10-22,11-23)12-24/h1-6,19-24H,7-12H2. The Labute approximate surface area is 140 Å². The molecule has 1 aromatic carbocycles. The van der Waals surface area contributed by atoms with Crippen molar-refractivity contribution in [2.75, 3.05) is 39.6 Å². The Morgan fingerprint density at radius 2 is 0.833 bits per heavy atom. The van der Waals surface area contributed by atoms with Crippen LogP contribution in [0.3, 0.4) is 0 Å². The van der Waals surface area contributed by atoms with Crippen LogP contribution in [0.4, 0.5) is 0 Å². The van der Waals surface area contributed by atoms with Crippen molar-refractivity contribution in [1.29, 1.82) is 0 Å². The maximum absolute atomic E-state index is 9.20. The fraction of sp³-hybridized carbons (Fsp3) is 0.500. The molecule has 0 radical (unpaired) electrons. The van der Waals surface area contributed by atoms with Gasteiger partial charge in [-0.2, -0.15) is 0 Å². The minimum Gasteiger partial charge on any atom is -0.394 e. The molecule has 1 rings (SSSR count). The molecule has 0 bridgehead atoms. The Balaban J connectivity index is 2.86. The highest BCUT2D eigenvalue weighted by Gasteiger charge is 2.26. The van der Waals surface area contributed by atoms with Gasteiger partial charge in [0, 0.05) is 12.4 Å². The van der Waals surface area contributed by atoms with E-state index >= 15 is 0 Å². The van der Waals surface area contributed by atoms with Gasteiger partial charge in [0.1, 0.15) is 11.1 Å². The topological polar surface area (TPSA) is 146 Å². The second-order valence-electron chi connectivity index (χ2n) is 5.58. The Morgan fingerprint density at radius 1 is 0.583 bits per heavy atom. The lowest BCUT2D eigenvalue weighted by molar-refractivity contribution is 0.0715. The number of benzene rings is 1. The molecule has 1 aromatic rings. The smallest absolute Gasteiger partial charge is 0.129 e. The van der Waals surface area contributed by atoms with Crippen LogP contribution < -0.4 is 0 Å². The van der Waals surface area contributed by atoms with Gasteiger partial charge in [-0.15, -0.1) is 0 Å². The Hall–Kier alpha value is -1.68. The summed E-state index contributed by atoms with van der Waals surface area (Å²) in [7, 11) is 0. The summed E-state index contributed by atoms with van der Waals surface area (Å²) >= 11 is 0. The van der Waals surface area contributed by atoms with Gasteiger partial charge in [-0.1, -0.05) is 24.3 Å². The minimum atomic E-state index is -1.32. The summed E-state index contributed by atoms with van der Waals surface area (Å²) in [6, 6.07) is 6.83. The number of aliphatic hydroxyl groups is 6. The molecule has 0 aliphatic heterocycles. The second-order valence-corrected chi connectivity index (χ2v) is 5.58. The second kappa shape index (κ2) is 9.58. The third kappa shape index (κ3) is 5.17. The van der Waals surface area contributed by atoms with Crippen molar-refractivity contribution < 1.29 is 30.6 Å². The molecule has 24 heavy (non-hydrogen) atoms. The molecular formula is C16H24N2O6. The quantitative estimate of drug-likeness (QED) is 0.270. The predicted octanol–water partition coefficient (Wildman–Crippen LogP) is -2.04. The fourth-order valence-corrected chi connectivity index (χ4v) is 1.64. The van der Waals surface area contributed by atoms with Crippen molar-refractivity contribution in [2.24, 2.45) is 9.98 Å². The molecule has 0 heterocycles. The van der Waals surface area contributed by atoms with Gasteiger partial charge in [0.2, 0.25) is 0 Å². The molecule has 0 amide bonds. The van der Waals surface area contributed by atoms with Gasteiger partial charge in [0.25, 0.3) is 0 Å². The third-order valence-corrected chi connectivity index (χ3v) is 3.68. The summed E-state index contributed by atoms with van der Waals surface area (Å²) in [5.41, 5.74) is -1.26. The van der Waals surface area contributed by atoms with E-state index in [1.54, 1.807) is 24.3 Å². The van der Waals surface area contributed by atoms with Crippen LogP contribution in [0.15, 0.2) is 34.3 Å². The van der Waals surface area contributed by atoms with Crippen LogP contribution >= 0.6 is 0 Å². The minimum absolute atomic E-state index is 0.479. The van der Waals surface area contributed by atoms with Gasteiger partial charge >= 0.3 is 0 Å². The van der Waals surface area contributed by atoms with Gasteiger partial charge in [0.15, 0.2) is 0 Å². The fourth-order valence-electron chi connectivity index (χ4n) is 1.64. The number of aliphatic hydroxyl groups excluding tert-OH is 6. The van der Waals surface area contributed by atoms with Crippen LogP contribution in [0, 0.1) is 0 Å². The molecule has 8 heteroatoms. The lowest BCUT2D eigenvalue weighted by atomic mass is 10.0. The number of hydrogen-bond donors (Lipinski definition) is 6. The zero-order chi connectivity index (χ0) is 18.1. The Bertz CT molecular complexity index is 470. The lowest BCUT2D eigenvalue weighted by Gasteiger charge is -2.22. The van der Waals surface area contributed by atoms with Gasteiger partial charge in [0.05, 0.1) is 39.6 Å². The van der Waals surface area contributed by atoms with Gasteiger partial charge in [-0.05, 0) is 11.1 Å². The van der Waals surface area contributed by atoms with Crippen molar-refractivity contribution in [1.82, 2.24) is 0 Å². The van der Waals surface area contributed by atoms with E-state index in [9.17, 15) is 30.6 Å². The Kier molecular flexibility index (Phi) is 8.13. The van der Waals surface area contributed by atoms with Crippen LogP contribution in [0.25, 0.3) is 0 Å². The van der Waals surface area contributed by atoms with Gasteiger partial charge in [-0.3, -0.25) is 9.98 Å². The van der Waals surface area contributed by atoms with Gasteiger partial charge < -0.3 is 30.6 Å². The summed E-state index contributed by atoms with van der Waals surface area (Å²) in [5.74, 6) is 0. The summed E-state index contributed by atoms with van der Waals surface area (Å²) in [6.45, 7) is -2.88. The molecule has 134 valence electrons. The van der Waals surface area contributed by atoms with E-state index in [1.807, 2.05) is 0 Å². The summed E-state index contributed by atoms with van der Waals surface area (Å²) < 4.78 is 0. The van der Waals surface area contributed by atoms with Crippen molar-refractivity contribution in [3.05, 3.63) is 35.4 Å². The van der Waals surface area contributed by atoms with E-state index in [2.05, 4.69) is 9.98 Å². The van der Waals surface area contributed by atoms with E-state index in [1.165, 1.54) is 12.4 Å². The predicted molar refractivity (Wildman–Crippen MR) is 89.6 cm³/mol. The maximum Gasteiger partial charge on any atom is 0.129 e. The number of rotatable bonds is 10. The highest BCUT2D eigenvalue weighted by atomic mass is 16.3. The lowest BCUT2D eigenvalue weighted by Crippen LogP contribution is -2.39. The van der Waals surface area contributed by atoms with E-state index in [-0.39, 0.29) is 0 Å². The Morgan fingerprint density at radius 3 is 1.04 bits per heavy atom. The summed E-state index contributed by atoms with van der Waals surface area (Å²) in [4.78, 5) is 8.06. The van der Waals surface area contributed by atoms with Crippen LogP contribution in [0.1, 0.15) is 11.1 Å². The average Bonchev–Trinajstić information content (AvgIpc) is 2.66. The van der Waals surface area contributed by atoms with Crippen molar-refractivity contribution >= 4 is 12.4 Å². The normalized spacial score (nSPS) is 13.2. The van der Waals surface area contributed by atoms with Crippen LogP contribution in [-0.4, -0.2) is 93.8 Å². The molecule has 0 aliphatic rings. The average molecular weight is 340 g/mol. The summed E-state index contributed by atoms with van der Waals surface area (Å²) in [6.07, 6.45) is 2.87. The highest BCUT2D eigenvalue weighted by molar-refractivity contribution is 5.84. The van der Waals surface area contributed by atoms with Crippen LogP contribution in [-0.2, 0) is 0 Å². The largest absolute Gasteiger partial charge is 0.394 e. The number of hydrogen-bond acceptors (Lipinski definition) is 8. The molecule has 6 N–H and O–H groups in total. The van der Waals surface area contributed by atoms with Crippen LogP contribution in [0.5, 0.6) is 0 Å². The number of nitrogens with zero attached hydrogens (tertiary/aromatic N) is 2. The molecule has 0 saturated carbocycles. The molecule has 0 fully saturated rings. The van der Waals surface area contributed by atoms with Crippen molar-refractivity contribution in [3.8, 4) is 0 Å². The van der Waals surface area contributed by atoms with Crippen LogP contribution in [0.2, 0.25) is 0 Å². The first kappa shape index (κ1) is 20.4. The molecule has 0 saturated heterocycles. The molecule has 0 aliphatic carbocycles. The zero-order valence-corrected chi connectivity index (χ0v) is 13.3. The zero-order valence-electron chi connectivity index (χ0n) is 13.3. The third-order valence-electron chi connectivity index (χ3n) is 3.68. The monoisotopic (exact) mass is 340 g/mol. The maximum atomic E-state index is 9.20. The molecule has 0 atom stereocenters. The molecule has 0 spiro atoms. The first-order valence-corrected chi connectivity index (χ1v) is 7.38. The highest BCUT2D eigenvalue weighted by Crippen LogP contribution is 2.11. The van der Waals surface area contributed by atoms with Gasteiger partial charge in [-0.25, -0.2) is 0 Å². The molecule has 0 unspecified atom stereocenters. The first-order valence-electron chi connectivity index (χ1n) is 7.38. The SMILES string of the molecule is OCC(CO)(CO)N=Cc1ccc(C=NC(CO)(CO)CO)cc1.